The van der Waals surface area contributed by atoms with Gasteiger partial charge >= 0.3 is 5.97 Å². The van der Waals surface area contributed by atoms with E-state index in [1.54, 1.807) is 31.0 Å². The van der Waals surface area contributed by atoms with Crippen LogP contribution in [0.5, 0.6) is 11.5 Å². The van der Waals surface area contributed by atoms with Gasteiger partial charge in [0.15, 0.2) is 6.61 Å². The van der Waals surface area contributed by atoms with E-state index >= 15 is 0 Å². The number of carbonyl (C=O) groups is 1. The van der Waals surface area contributed by atoms with E-state index in [-0.39, 0.29) is 6.61 Å². The Labute approximate surface area is 189 Å². The number of hydrogen-bond acceptors (Lipinski definition) is 4. The fourth-order valence-corrected chi connectivity index (χ4v) is 4.20. The van der Waals surface area contributed by atoms with Crippen molar-refractivity contribution in [1.29, 1.82) is 0 Å². The lowest BCUT2D eigenvalue weighted by molar-refractivity contribution is -0.139. The summed E-state index contributed by atoms with van der Waals surface area (Å²) in [5.41, 5.74) is 4.10. The number of hydrogen-bond donors (Lipinski definition) is 1. The zero-order chi connectivity index (χ0) is 21.7. The molecule has 0 bridgehead atoms. The fourth-order valence-electron chi connectivity index (χ4n) is 2.84. The van der Waals surface area contributed by atoms with Crippen molar-refractivity contribution in [2.24, 2.45) is 0 Å². The highest BCUT2D eigenvalue weighted by Crippen LogP contribution is 2.37. The Bertz CT molecular complexity index is 1050. The van der Waals surface area contributed by atoms with Gasteiger partial charge in [0.05, 0.1) is 22.1 Å². The number of halogens is 2. The van der Waals surface area contributed by atoms with E-state index in [1.165, 1.54) is 0 Å². The highest BCUT2D eigenvalue weighted by Gasteiger charge is 2.11. The Morgan fingerprint density at radius 3 is 2.30 bits per heavy atom. The van der Waals surface area contributed by atoms with E-state index in [4.69, 9.17) is 37.8 Å². The molecule has 0 fully saturated rings. The summed E-state index contributed by atoms with van der Waals surface area (Å²) in [4.78, 5) is 11.7. The molecule has 0 aliphatic rings. The van der Waals surface area contributed by atoms with Crippen molar-refractivity contribution < 1.29 is 19.4 Å². The first-order valence-electron chi connectivity index (χ1n) is 9.07. The largest absolute Gasteiger partial charge is 0.495 e. The number of aliphatic carboxylic acids is 1. The summed E-state index contributed by atoms with van der Waals surface area (Å²) in [6.07, 6.45) is 0. The average Bonchev–Trinajstić information content (AvgIpc) is 2.73. The predicted molar refractivity (Wildman–Crippen MR) is 122 cm³/mol. The van der Waals surface area contributed by atoms with Gasteiger partial charge in [-0.15, -0.1) is 11.8 Å². The molecular formula is C23H20Cl2O4S. The second-order valence-electron chi connectivity index (χ2n) is 6.57. The van der Waals surface area contributed by atoms with E-state index in [1.807, 2.05) is 25.1 Å². The van der Waals surface area contributed by atoms with Gasteiger partial charge in [-0.2, -0.15) is 0 Å². The normalized spacial score (nSPS) is 10.7. The zero-order valence-electron chi connectivity index (χ0n) is 16.4. The van der Waals surface area contributed by atoms with Gasteiger partial charge in [0, 0.05) is 11.8 Å². The topological polar surface area (TPSA) is 55.8 Å². The molecule has 0 heterocycles. The third kappa shape index (κ3) is 5.63. The second kappa shape index (κ2) is 10.1. The van der Waals surface area contributed by atoms with Crippen LogP contribution in [0.25, 0.3) is 11.1 Å². The molecule has 0 unspecified atom stereocenters. The molecule has 0 aliphatic carbocycles. The number of aryl methyl sites for hydroxylation is 1. The second-order valence-corrected chi connectivity index (χ2v) is 8.40. The van der Waals surface area contributed by atoms with Crippen molar-refractivity contribution in [2.75, 3.05) is 13.7 Å². The van der Waals surface area contributed by atoms with Crippen molar-refractivity contribution in [3.8, 4) is 22.6 Å². The first kappa shape index (κ1) is 22.3. The van der Waals surface area contributed by atoms with Crippen molar-refractivity contribution >= 4 is 40.9 Å². The number of benzene rings is 3. The van der Waals surface area contributed by atoms with E-state index in [0.717, 1.165) is 32.9 Å². The highest BCUT2D eigenvalue weighted by atomic mass is 35.5. The lowest BCUT2D eigenvalue weighted by Crippen LogP contribution is -2.10. The minimum atomic E-state index is -1.02. The Hall–Kier alpha value is -2.34. The molecule has 4 nitrogen and oxygen atoms in total. The molecule has 0 spiro atoms. The molecule has 0 atom stereocenters. The highest BCUT2D eigenvalue weighted by molar-refractivity contribution is 7.98. The standard InChI is InChI=1S/C23H20Cl2O4S/c1-14-9-22(21(28-2)11-20(14)29-12-23(26)27)30-13-15-3-5-16(6-4-15)17-7-8-18(24)19(25)10-17/h3-11H,12-13H2,1-2H3,(H,26,27). The van der Waals surface area contributed by atoms with E-state index < -0.39 is 5.97 Å². The summed E-state index contributed by atoms with van der Waals surface area (Å²) >= 11 is 13.7. The number of thioether (sulfide) groups is 1. The van der Waals surface area contributed by atoms with Crippen LogP contribution < -0.4 is 9.47 Å². The van der Waals surface area contributed by atoms with Crippen molar-refractivity contribution in [3.63, 3.8) is 0 Å². The Morgan fingerprint density at radius 2 is 1.67 bits per heavy atom. The van der Waals surface area contributed by atoms with Gasteiger partial charge in [0.1, 0.15) is 11.5 Å². The van der Waals surface area contributed by atoms with Crippen molar-refractivity contribution in [2.45, 2.75) is 17.6 Å². The number of ether oxygens (including phenoxy) is 2. The van der Waals surface area contributed by atoms with Gasteiger partial charge in [-0.3, -0.25) is 0 Å². The molecule has 3 rings (SSSR count). The summed E-state index contributed by atoms with van der Waals surface area (Å²) in [5.74, 6) is 0.895. The fraction of sp³-hybridized carbons (Fsp3) is 0.174. The maximum absolute atomic E-state index is 10.7. The lowest BCUT2D eigenvalue weighted by atomic mass is 10.0. The van der Waals surface area contributed by atoms with E-state index in [9.17, 15) is 4.79 Å². The molecule has 30 heavy (non-hydrogen) atoms. The molecule has 1 N–H and O–H groups in total. The quantitative estimate of drug-likeness (QED) is 0.375. The molecule has 0 radical (unpaired) electrons. The first-order valence-corrected chi connectivity index (χ1v) is 10.8. The molecule has 3 aromatic rings. The molecule has 0 amide bonds. The van der Waals surface area contributed by atoms with Crippen LogP contribution in [-0.2, 0) is 10.5 Å². The third-order valence-electron chi connectivity index (χ3n) is 4.41. The molecule has 7 heteroatoms. The van der Waals surface area contributed by atoms with Crippen LogP contribution >= 0.6 is 35.0 Å². The predicted octanol–water partition coefficient (Wildman–Crippen LogP) is 6.73. The number of rotatable bonds is 8. The van der Waals surface area contributed by atoms with Crippen LogP contribution in [0.1, 0.15) is 11.1 Å². The molecule has 0 aromatic heterocycles. The van der Waals surface area contributed by atoms with E-state index in [0.29, 0.717) is 21.5 Å². The Morgan fingerprint density at radius 1 is 0.967 bits per heavy atom. The maximum atomic E-state index is 10.7. The number of carboxylic acid groups (broad SMARTS) is 1. The van der Waals surface area contributed by atoms with Crippen LogP contribution in [0.3, 0.4) is 0 Å². The molecule has 0 aliphatic heterocycles. The van der Waals surface area contributed by atoms with Gasteiger partial charge in [-0.25, -0.2) is 4.79 Å². The average molecular weight is 463 g/mol. The summed E-state index contributed by atoms with van der Waals surface area (Å²) in [7, 11) is 1.59. The molecular weight excluding hydrogens is 443 g/mol. The van der Waals surface area contributed by atoms with E-state index in [2.05, 4.69) is 24.3 Å². The van der Waals surface area contributed by atoms with Gasteiger partial charge in [0.2, 0.25) is 0 Å². The monoisotopic (exact) mass is 462 g/mol. The lowest BCUT2D eigenvalue weighted by Gasteiger charge is -2.14. The van der Waals surface area contributed by atoms with Crippen LogP contribution in [0, 0.1) is 6.92 Å². The third-order valence-corrected chi connectivity index (χ3v) is 6.26. The summed E-state index contributed by atoms with van der Waals surface area (Å²) in [6, 6.07) is 17.5. The van der Waals surface area contributed by atoms with Gasteiger partial charge in [-0.05, 0) is 47.4 Å². The number of methoxy groups -OCH3 is 1. The smallest absolute Gasteiger partial charge is 0.341 e. The molecule has 3 aromatic carbocycles. The maximum Gasteiger partial charge on any atom is 0.341 e. The number of carboxylic acids is 1. The zero-order valence-corrected chi connectivity index (χ0v) is 18.8. The molecule has 0 saturated heterocycles. The Kier molecular flexibility index (Phi) is 7.53. The summed E-state index contributed by atoms with van der Waals surface area (Å²) in [6.45, 7) is 1.49. The van der Waals surface area contributed by atoms with Gasteiger partial charge in [-0.1, -0.05) is 53.5 Å². The minimum absolute atomic E-state index is 0.387. The minimum Gasteiger partial charge on any atom is -0.495 e. The summed E-state index contributed by atoms with van der Waals surface area (Å²) < 4.78 is 10.8. The van der Waals surface area contributed by atoms with Gasteiger partial charge < -0.3 is 14.6 Å². The first-order chi connectivity index (χ1) is 14.4. The SMILES string of the molecule is COc1cc(OCC(=O)O)c(C)cc1SCc1ccc(-c2ccc(Cl)c(Cl)c2)cc1. The molecule has 0 saturated carbocycles. The van der Waals surface area contributed by atoms with Gasteiger partial charge in [0.25, 0.3) is 0 Å². The van der Waals surface area contributed by atoms with Crippen LogP contribution in [0.2, 0.25) is 10.0 Å². The van der Waals surface area contributed by atoms with Crippen LogP contribution in [0.15, 0.2) is 59.5 Å². The van der Waals surface area contributed by atoms with Crippen LogP contribution in [-0.4, -0.2) is 24.8 Å². The van der Waals surface area contributed by atoms with Crippen molar-refractivity contribution in [3.05, 3.63) is 75.8 Å². The Balaban J connectivity index is 1.71. The van der Waals surface area contributed by atoms with Crippen LogP contribution in [0.4, 0.5) is 0 Å². The molecule has 156 valence electrons. The summed E-state index contributed by atoms with van der Waals surface area (Å²) in [5, 5.41) is 9.88. The van der Waals surface area contributed by atoms with Crippen molar-refractivity contribution in [1.82, 2.24) is 0 Å².